The van der Waals surface area contributed by atoms with E-state index in [-0.39, 0.29) is 29.3 Å². The van der Waals surface area contributed by atoms with Crippen molar-refractivity contribution >= 4 is 23.6 Å². The molecule has 1 aromatic carbocycles. The minimum absolute atomic E-state index is 0.00591. The molecule has 20 heavy (non-hydrogen) atoms. The van der Waals surface area contributed by atoms with Crippen molar-refractivity contribution in [3.8, 4) is 0 Å². The predicted molar refractivity (Wildman–Crippen MR) is 79.5 cm³/mol. The number of amides is 2. The number of thioether (sulfide) groups is 1. The van der Waals surface area contributed by atoms with Crippen molar-refractivity contribution in [1.29, 1.82) is 0 Å². The average Bonchev–Trinajstić information content (AvgIpc) is 3.00. The predicted octanol–water partition coefficient (Wildman–Crippen LogP) is 2.17. The number of fused-ring (bicyclic) bond motifs is 3. The number of carbonyl (C=O) groups is 2. The smallest absolute Gasteiger partial charge is 0.256 e. The van der Waals surface area contributed by atoms with Gasteiger partial charge in [-0.2, -0.15) is 0 Å². The zero-order valence-corrected chi connectivity index (χ0v) is 12.4. The fourth-order valence-electron chi connectivity index (χ4n) is 2.68. The number of hydrogen-bond acceptors (Lipinski definition) is 3. The molecule has 0 saturated carbocycles. The maximum atomic E-state index is 12.5. The largest absolute Gasteiger partial charge is 0.352 e. The lowest BCUT2D eigenvalue weighted by atomic mass is 10.1. The zero-order chi connectivity index (χ0) is 14.3. The normalized spacial score (nSPS) is 25.3. The third kappa shape index (κ3) is 2.00. The summed E-state index contributed by atoms with van der Waals surface area (Å²) in [6.45, 7) is 4.02. The fraction of sp³-hybridized carbons (Fsp3) is 0.467. The van der Waals surface area contributed by atoms with Crippen LogP contribution < -0.4 is 5.32 Å². The maximum absolute atomic E-state index is 12.5. The molecule has 2 aliphatic rings. The van der Waals surface area contributed by atoms with Crippen LogP contribution in [-0.4, -0.2) is 34.6 Å². The van der Waals surface area contributed by atoms with Crippen LogP contribution in [0.3, 0.4) is 0 Å². The van der Waals surface area contributed by atoms with E-state index in [4.69, 9.17) is 0 Å². The molecule has 0 spiro atoms. The Balaban J connectivity index is 1.83. The second-order valence-electron chi connectivity index (χ2n) is 5.32. The van der Waals surface area contributed by atoms with Crippen molar-refractivity contribution in [2.24, 2.45) is 0 Å². The Bertz CT molecular complexity index is 561. The van der Waals surface area contributed by atoms with Gasteiger partial charge in [-0.05, 0) is 25.0 Å². The molecule has 3 atom stereocenters. The minimum Gasteiger partial charge on any atom is -0.352 e. The molecule has 0 aromatic heterocycles. The van der Waals surface area contributed by atoms with Crippen LogP contribution in [0.15, 0.2) is 24.3 Å². The monoisotopic (exact) mass is 290 g/mol. The summed E-state index contributed by atoms with van der Waals surface area (Å²) in [5.41, 5.74) is 1.78. The molecule has 1 saturated heterocycles. The number of nitrogens with one attached hydrogen (secondary N) is 1. The van der Waals surface area contributed by atoms with Gasteiger partial charge in [-0.25, -0.2) is 0 Å². The highest BCUT2D eigenvalue weighted by molar-refractivity contribution is 7.99. The van der Waals surface area contributed by atoms with Crippen molar-refractivity contribution in [2.45, 2.75) is 37.7 Å². The zero-order valence-electron chi connectivity index (χ0n) is 11.6. The highest BCUT2D eigenvalue weighted by atomic mass is 32.2. The Hall–Kier alpha value is -1.49. The minimum atomic E-state index is -0.348. The van der Waals surface area contributed by atoms with Gasteiger partial charge in [0.05, 0.1) is 0 Å². The average molecular weight is 290 g/mol. The summed E-state index contributed by atoms with van der Waals surface area (Å²) in [6, 6.07) is 7.45. The van der Waals surface area contributed by atoms with E-state index in [2.05, 4.69) is 5.32 Å². The molecule has 2 unspecified atom stereocenters. The van der Waals surface area contributed by atoms with Crippen molar-refractivity contribution in [2.75, 3.05) is 5.75 Å². The van der Waals surface area contributed by atoms with Crippen molar-refractivity contribution in [1.82, 2.24) is 10.2 Å². The van der Waals surface area contributed by atoms with Gasteiger partial charge in [-0.3, -0.25) is 9.59 Å². The first-order chi connectivity index (χ1) is 9.63. The molecule has 0 aliphatic carbocycles. The first kappa shape index (κ1) is 13.5. The van der Waals surface area contributed by atoms with E-state index >= 15 is 0 Å². The first-order valence-corrected chi connectivity index (χ1v) is 8.02. The van der Waals surface area contributed by atoms with Crippen LogP contribution in [0.25, 0.3) is 0 Å². The van der Waals surface area contributed by atoms with Gasteiger partial charge in [0, 0.05) is 17.4 Å². The Labute approximate surface area is 122 Å². The van der Waals surface area contributed by atoms with E-state index in [0.717, 1.165) is 17.5 Å². The van der Waals surface area contributed by atoms with Crippen LogP contribution in [-0.2, 0) is 4.79 Å². The highest BCUT2D eigenvalue weighted by Crippen LogP contribution is 2.47. The Morgan fingerprint density at radius 3 is 3.00 bits per heavy atom. The van der Waals surface area contributed by atoms with Crippen LogP contribution in [0.2, 0.25) is 0 Å². The first-order valence-electron chi connectivity index (χ1n) is 6.97. The van der Waals surface area contributed by atoms with E-state index in [1.54, 1.807) is 16.7 Å². The molecular weight excluding hydrogens is 272 g/mol. The molecule has 106 valence electrons. The second kappa shape index (κ2) is 5.13. The summed E-state index contributed by atoms with van der Waals surface area (Å²) >= 11 is 1.67. The van der Waals surface area contributed by atoms with E-state index in [1.807, 2.05) is 38.1 Å². The van der Waals surface area contributed by atoms with Crippen LogP contribution >= 0.6 is 11.8 Å². The topological polar surface area (TPSA) is 49.4 Å². The van der Waals surface area contributed by atoms with Crippen LogP contribution in [0.4, 0.5) is 0 Å². The molecule has 5 heteroatoms. The van der Waals surface area contributed by atoms with Crippen molar-refractivity contribution in [3.63, 3.8) is 0 Å². The van der Waals surface area contributed by atoms with E-state index < -0.39 is 0 Å². The van der Waals surface area contributed by atoms with Gasteiger partial charge in [0.25, 0.3) is 5.91 Å². The Morgan fingerprint density at radius 1 is 1.50 bits per heavy atom. The molecular formula is C15H18N2O2S. The molecule has 1 fully saturated rings. The van der Waals surface area contributed by atoms with Gasteiger partial charge >= 0.3 is 0 Å². The number of carbonyl (C=O) groups excluding carboxylic acids is 2. The standard InChI is InChI=1S/C15H18N2O2S/c1-3-9(2)16-13(18)12-8-20-15-11-7-5-4-6-10(11)14(19)17(12)15/h4-7,9,12,15H,3,8H2,1-2H3,(H,16,18)/t9?,12-,15?/m0/s1. The summed E-state index contributed by atoms with van der Waals surface area (Å²) in [4.78, 5) is 26.6. The number of benzene rings is 1. The third-order valence-corrected chi connectivity index (χ3v) is 5.30. The van der Waals surface area contributed by atoms with Gasteiger partial charge in [-0.1, -0.05) is 25.1 Å². The number of rotatable bonds is 3. The molecule has 0 bridgehead atoms. The lowest BCUT2D eigenvalue weighted by Gasteiger charge is -2.24. The highest BCUT2D eigenvalue weighted by Gasteiger charge is 2.48. The van der Waals surface area contributed by atoms with Crippen molar-refractivity contribution in [3.05, 3.63) is 35.4 Å². The Kier molecular flexibility index (Phi) is 3.46. The van der Waals surface area contributed by atoms with Gasteiger partial charge in [0.2, 0.25) is 5.91 Å². The Morgan fingerprint density at radius 2 is 2.25 bits per heavy atom. The van der Waals surface area contributed by atoms with Crippen molar-refractivity contribution < 1.29 is 9.59 Å². The van der Waals surface area contributed by atoms with Gasteiger partial charge in [0.1, 0.15) is 11.4 Å². The van der Waals surface area contributed by atoms with Crippen LogP contribution in [0.5, 0.6) is 0 Å². The fourth-order valence-corrected chi connectivity index (χ4v) is 4.15. The van der Waals surface area contributed by atoms with E-state index in [1.165, 1.54) is 0 Å². The summed E-state index contributed by atoms with van der Waals surface area (Å²) < 4.78 is 0. The molecule has 0 radical (unpaired) electrons. The lowest BCUT2D eigenvalue weighted by Crippen LogP contribution is -2.48. The summed E-state index contributed by atoms with van der Waals surface area (Å²) in [7, 11) is 0. The van der Waals surface area contributed by atoms with E-state index in [0.29, 0.717) is 5.75 Å². The van der Waals surface area contributed by atoms with Gasteiger partial charge in [0.15, 0.2) is 0 Å². The summed E-state index contributed by atoms with van der Waals surface area (Å²) in [5.74, 6) is 0.628. The summed E-state index contributed by atoms with van der Waals surface area (Å²) in [6.07, 6.45) is 0.892. The van der Waals surface area contributed by atoms with Crippen LogP contribution in [0, 0.1) is 0 Å². The molecule has 2 aliphatic heterocycles. The quantitative estimate of drug-likeness (QED) is 0.928. The van der Waals surface area contributed by atoms with Crippen LogP contribution in [0.1, 0.15) is 41.6 Å². The molecule has 3 rings (SSSR count). The van der Waals surface area contributed by atoms with Gasteiger partial charge in [-0.15, -0.1) is 11.8 Å². The molecule has 1 aromatic rings. The lowest BCUT2D eigenvalue weighted by molar-refractivity contribution is -0.125. The van der Waals surface area contributed by atoms with Gasteiger partial charge < -0.3 is 10.2 Å². The molecule has 4 nitrogen and oxygen atoms in total. The summed E-state index contributed by atoms with van der Waals surface area (Å²) in [5, 5.41) is 2.99. The molecule has 2 heterocycles. The number of nitrogens with zero attached hydrogens (tertiary/aromatic N) is 1. The molecule has 2 amide bonds. The molecule has 1 N–H and O–H groups in total. The SMILES string of the molecule is CCC(C)NC(=O)[C@@H]1CSC2c3ccccc3C(=O)N21. The van der Waals surface area contributed by atoms with E-state index in [9.17, 15) is 9.59 Å². The number of hydrogen-bond donors (Lipinski definition) is 1. The maximum Gasteiger partial charge on any atom is 0.256 e. The second-order valence-corrected chi connectivity index (χ2v) is 6.43. The third-order valence-electron chi connectivity index (χ3n) is 4.00.